The van der Waals surface area contributed by atoms with E-state index in [0.717, 1.165) is 0 Å². The first-order chi connectivity index (χ1) is 15.2. The number of primary amides is 1. The average molecular weight is 470 g/mol. The lowest BCUT2D eigenvalue weighted by Gasteiger charge is -2.46. The van der Waals surface area contributed by atoms with Gasteiger partial charge in [-0.25, -0.2) is 4.79 Å². The highest BCUT2D eigenvalue weighted by Gasteiger charge is 2.51. The molecule has 0 aromatic heterocycles. The van der Waals surface area contributed by atoms with Gasteiger partial charge in [-0.3, -0.25) is 0 Å². The highest BCUT2D eigenvalue weighted by atomic mass is 16.7. The molecule has 2 rings (SSSR count). The third kappa shape index (κ3) is 6.68. The van der Waals surface area contributed by atoms with Crippen LogP contribution >= 0.6 is 0 Å². The fourth-order valence-electron chi connectivity index (χ4n) is 3.80. The molecule has 14 heteroatoms. The molecule has 0 bridgehead atoms. The zero-order valence-corrected chi connectivity index (χ0v) is 17.5. The van der Waals surface area contributed by atoms with E-state index in [-0.39, 0.29) is 19.6 Å². The first-order valence-corrected chi connectivity index (χ1v) is 10.4. The van der Waals surface area contributed by atoms with E-state index in [9.17, 15) is 35.4 Å². The number of rotatable bonds is 11. The van der Waals surface area contributed by atoms with Crippen molar-refractivity contribution in [1.29, 1.82) is 0 Å². The Balaban J connectivity index is 2.15. The van der Waals surface area contributed by atoms with Crippen LogP contribution in [0.3, 0.4) is 0 Å². The van der Waals surface area contributed by atoms with Gasteiger partial charge in [-0.2, -0.15) is 0 Å². The number of hydrogen-bond acceptors (Lipinski definition) is 13. The molecule has 1 aliphatic carbocycles. The molecule has 1 saturated heterocycles. The van der Waals surface area contributed by atoms with Crippen LogP contribution in [0.15, 0.2) is 0 Å². The van der Waals surface area contributed by atoms with Crippen LogP contribution in [-0.2, 0) is 23.7 Å². The van der Waals surface area contributed by atoms with Gasteiger partial charge in [-0.1, -0.05) is 0 Å². The van der Waals surface area contributed by atoms with Gasteiger partial charge in [0.2, 0.25) is 0 Å². The number of ether oxygens (including phenoxy) is 5. The van der Waals surface area contributed by atoms with E-state index in [1.807, 2.05) is 0 Å². The Morgan fingerprint density at radius 3 is 2.25 bits per heavy atom. The fourth-order valence-corrected chi connectivity index (χ4v) is 3.80. The zero-order chi connectivity index (χ0) is 23.8. The Morgan fingerprint density at radius 1 is 0.938 bits per heavy atom. The summed E-state index contributed by atoms with van der Waals surface area (Å²) in [6, 6.07) is 0. The molecule has 10 atom stereocenters. The van der Waals surface area contributed by atoms with Gasteiger partial charge >= 0.3 is 6.09 Å². The number of aliphatic hydroxyl groups is 6. The van der Waals surface area contributed by atoms with Gasteiger partial charge in [-0.05, 0) is 6.42 Å². The molecule has 1 heterocycles. The first-order valence-electron chi connectivity index (χ1n) is 10.4. The smallest absolute Gasteiger partial charge is 0.404 e. The second-order valence-electron chi connectivity index (χ2n) is 7.68. The maximum Gasteiger partial charge on any atom is 0.404 e. The zero-order valence-electron chi connectivity index (χ0n) is 17.5. The topological polar surface area (TPSA) is 237 Å². The molecule has 1 saturated carbocycles. The Hall–Kier alpha value is -1.17. The van der Waals surface area contributed by atoms with Crippen molar-refractivity contribution in [3.8, 4) is 0 Å². The SMILES string of the molecule is NCCOCCO[C@H]1O[C@@H](CO)[C@@H](O)[C@H](O)[C@@H]1O[C@H]1C[C@H](CO)[C@@H](O)[C@H](OC(N)=O)[C@@H]1O. The summed E-state index contributed by atoms with van der Waals surface area (Å²) in [5, 5.41) is 60.7. The highest BCUT2D eigenvalue weighted by molar-refractivity contribution is 5.65. The van der Waals surface area contributed by atoms with Crippen LogP contribution in [0.4, 0.5) is 4.79 Å². The lowest BCUT2D eigenvalue weighted by molar-refractivity contribution is -0.327. The van der Waals surface area contributed by atoms with E-state index in [2.05, 4.69) is 0 Å². The molecule has 0 spiro atoms. The number of carbonyl (C=O) groups is 1. The summed E-state index contributed by atoms with van der Waals surface area (Å²) < 4.78 is 26.9. The summed E-state index contributed by atoms with van der Waals surface area (Å²) in [6.45, 7) is -0.349. The van der Waals surface area contributed by atoms with Crippen molar-refractivity contribution in [3.63, 3.8) is 0 Å². The van der Waals surface area contributed by atoms with Gasteiger partial charge in [0.15, 0.2) is 12.4 Å². The maximum absolute atomic E-state index is 11.2. The Morgan fingerprint density at radius 2 is 1.66 bits per heavy atom. The molecule has 0 aromatic carbocycles. The van der Waals surface area contributed by atoms with E-state index in [4.69, 9.17) is 35.2 Å². The van der Waals surface area contributed by atoms with Crippen LogP contribution in [0.1, 0.15) is 6.42 Å². The molecule has 2 aliphatic rings. The van der Waals surface area contributed by atoms with Crippen molar-refractivity contribution in [2.45, 2.75) is 61.5 Å². The van der Waals surface area contributed by atoms with Gasteiger partial charge in [0.1, 0.15) is 30.5 Å². The minimum atomic E-state index is -1.59. The van der Waals surface area contributed by atoms with Crippen molar-refractivity contribution >= 4 is 6.09 Å². The van der Waals surface area contributed by atoms with Gasteiger partial charge in [0, 0.05) is 19.1 Å². The summed E-state index contributed by atoms with van der Waals surface area (Å²) >= 11 is 0. The molecular weight excluding hydrogens is 436 g/mol. The highest BCUT2D eigenvalue weighted by Crippen LogP contribution is 2.33. The molecule has 188 valence electrons. The predicted molar refractivity (Wildman–Crippen MR) is 104 cm³/mol. The lowest BCUT2D eigenvalue weighted by Crippen LogP contribution is -2.63. The van der Waals surface area contributed by atoms with Gasteiger partial charge in [0.25, 0.3) is 0 Å². The van der Waals surface area contributed by atoms with Crippen molar-refractivity contribution in [3.05, 3.63) is 0 Å². The summed E-state index contributed by atoms with van der Waals surface area (Å²) in [7, 11) is 0. The molecule has 0 radical (unpaired) electrons. The normalized spacial score (nSPS) is 40.2. The van der Waals surface area contributed by atoms with E-state index < -0.39 is 80.3 Å². The summed E-state index contributed by atoms with van der Waals surface area (Å²) in [5.74, 6) is -0.839. The van der Waals surface area contributed by atoms with Gasteiger partial charge in [0.05, 0.1) is 38.6 Å². The largest absolute Gasteiger partial charge is 0.441 e. The number of carbonyl (C=O) groups excluding carboxylic acids is 1. The quantitative estimate of drug-likeness (QED) is 0.133. The van der Waals surface area contributed by atoms with Crippen molar-refractivity contribution in [2.75, 3.05) is 39.6 Å². The van der Waals surface area contributed by atoms with Crippen molar-refractivity contribution < 1.29 is 59.1 Å². The number of amides is 1. The van der Waals surface area contributed by atoms with Crippen LogP contribution in [0, 0.1) is 5.92 Å². The van der Waals surface area contributed by atoms with Crippen LogP contribution in [0.25, 0.3) is 0 Å². The summed E-state index contributed by atoms with van der Waals surface area (Å²) in [6.07, 6.45) is -13.9. The third-order valence-electron chi connectivity index (χ3n) is 5.49. The number of nitrogens with two attached hydrogens (primary N) is 2. The summed E-state index contributed by atoms with van der Waals surface area (Å²) in [4.78, 5) is 11.2. The minimum Gasteiger partial charge on any atom is -0.441 e. The second kappa shape index (κ2) is 12.9. The predicted octanol–water partition coefficient (Wildman–Crippen LogP) is -4.63. The summed E-state index contributed by atoms with van der Waals surface area (Å²) in [5.41, 5.74) is 10.3. The first kappa shape index (κ1) is 27.1. The van der Waals surface area contributed by atoms with E-state index in [0.29, 0.717) is 13.2 Å². The van der Waals surface area contributed by atoms with E-state index in [1.165, 1.54) is 0 Å². The Bertz CT molecular complexity index is 572. The van der Waals surface area contributed by atoms with Crippen LogP contribution < -0.4 is 11.5 Å². The monoisotopic (exact) mass is 470 g/mol. The molecule has 0 aromatic rings. The Kier molecular flexibility index (Phi) is 10.9. The third-order valence-corrected chi connectivity index (χ3v) is 5.49. The fraction of sp³-hybridized carbons (Fsp3) is 0.944. The molecule has 10 N–H and O–H groups in total. The van der Waals surface area contributed by atoms with Crippen LogP contribution in [0.5, 0.6) is 0 Å². The maximum atomic E-state index is 11.2. The molecular formula is C18H34N2O12. The number of hydrogen-bond donors (Lipinski definition) is 8. The van der Waals surface area contributed by atoms with Crippen molar-refractivity contribution in [1.82, 2.24) is 0 Å². The van der Waals surface area contributed by atoms with Crippen LogP contribution in [0.2, 0.25) is 0 Å². The minimum absolute atomic E-state index is 0.00407. The molecule has 1 aliphatic heterocycles. The standard InChI is InChI=1S/C18H34N2O12/c19-1-2-28-3-4-29-17-16(14(26)12(24)10(7-22)31-17)30-9-5-8(6-21)11(23)15(13(9)25)32-18(20)27/h8-17,21-26H,1-7,19H2,(H2,20,27)/t8-,9+,10+,11-,12-,13-,14+,15+,16+,17+/m1/s1. The van der Waals surface area contributed by atoms with Crippen LogP contribution in [-0.4, -0.2) is 131 Å². The van der Waals surface area contributed by atoms with Crippen molar-refractivity contribution in [2.24, 2.45) is 17.4 Å². The Labute approximate surface area is 184 Å². The van der Waals surface area contributed by atoms with E-state index in [1.54, 1.807) is 0 Å². The second-order valence-corrected chi connectivity index (χ2v) is 7.68. The molecule has 2 fully saturated rings. The lowest BCUT2D eigenvalue weighted by atomic mass is 9.80. The molecule has 32 heavy (non-hydrogen) atoms. The number of aliphatic hydroxyl groups excluding tert-OH is 6. The van der Waals surface area contributed by atoms with Gasteiger partial charge < -0.3 is 65.8 Å². The average Bonchev–Trinajstić information content (AvgIpc) is 2.76. The molecule has 14 nitrogen and oxygen atoms in total. The van der Waals surface area contributed by atoms with Gasteiger partial charge in [-0.15, -0.1) is 0 Å². The van der Waals surface area contributed by atoms with E-state index >= 15 is 0 Å². The molecule has 0 unspecified atom stereocenters. The molecule has 1 amide bonds.